The lowest BCUT2D eigenvalue weighted by atomic mass is 10.0. The molecule has 0 bridgehead atoms. The van der Waals surface area contributed by atoms with Crippen molar-refractivity contribution in [2.75, 3.05) is 5.32 Å². The van der Waals surface area contributed by atoms with Gasteiger partial charge in [0.2, 0.25) is 5.91 Å². The zero-order valence-corrected chi connectivity index (χ0v) is 11.6. The summed E-state index contributed by atoms with van der Waals surface area (Å²) in [7, 11) is 0. The lowest BCUT2D eigenvalue weighted by molar-refractivity contribution is -0.118. The Morgan fingerprint density at radius 3 is 2.86 bits per heavy atom. The maximum Gasteiger partial charge on any atom is 0.339 e. The summed E-state index contributed by atoms with van der Waals surface area (Å²) >= 11 is 5.68. The lowest BCUT2D eigenvalue weighted by Crippen LogP contribution is -2.15. The van der Waals surface area contributed by atoms with Crippen molar-refractivity contribution < 1.29 is 14.3 Å². The Hall–Kier alpha value is -2.40. The van der Waals surface area contributed by atoms with E-state index in [1.54, 1.807) is 30.3 Å². The predicted molar refractivity (Wildman–Crippen MR) is 77.1 cm³/mol. The molecule has 0 aliphatic carbocycles. The number of cyclic esters (lactones) is 1. The average Bonchev–Trinajstić information content (AvgIpc) is 2.78. The number of esters is 1. The largest absolute Gasteiger partial charge is 0.453 e. The number of nitrogens with one attached hydrogen (secondary N) is 1. The van der Waals surface area contributed by atoms with Gasteiger partial charge in [0.25, 0.3) is 0 Å². The number of amides is 1. The van der Waals surface area contributed by atoms with Crippen molar-refractivity contribution in [3.8, 4) is 0 Å². The zero-order valence-electron chi connectivity index (χ0n) is 10.9. The number of halogens is 1. The number of carbonyl (C=O) groups is 2. The summed E-state index contributed by atoms with van der Waals surface area (Å²) < 4.78 is 5.22. The van der Waals surface area contributed by atoms with Gasteiger partial charge >= 0.3 is 5.97 Å². The molecule has 0 saturated carbocycles. The van der Waals surface area contributed by atoms with Crippen molar-refractivity contribution in [2.45, 2.75) is 12.5 Å². The molecule has 1 unspecified atom stereocenters. The Labute approximate surface area is 125 Å². The second kappa shape index (κ2) is 5.54. The van der Waals surface area contributed by atoms with E-state index >= 15 is 0 Å². The Morgan fingerprint density at radius 2 is 2.10 bits per heavy atom. The summed E-state index contributed by atoms with van der Waals surface area (Å²) in [6.07, 6.45) is 0.981. The number of ether oxygens (including phenoxy) is 1. The summed E-state index contributed by atoms with van der Waals surface area (Å²) in [5.41, 5.74) is 1.80. The van der Waals surface area contributed by atoms with E-state index < -0.39 is 12.1 Å². The minimum atomic E-state index is -0.547. The number of rotatable bonds is 3. The molecule has 2 aromatic rings. The SMILES string of the molecule is O=C(CC1OC(=O)c2ccccc21)Nc1ccc(Cl)nc1. The van der Waals surface area contributed by atoms with Crippen molar-refractivity contribution >= 4 is 29.2 Å². The fraction of sp³-hybridized carbons (Fsp3) is 0.133. The molecule has 0 fully saturated rings. The summed E-state index contributed by atoms with van der Waals surface area (Å²) in [6.45, 7) is 0. The minimum absolute atomic E-state index is 0.0609. The number of pyridine rings is 1. The zero-order chi connectivity index (χ0) is 14.8. The number of hydrogen-bond acceptors (Lipinski definition) is 4. The van der Waals surface area contributed by atoms with Gasteiger partial charge in [-0.1, -0.05) is 29.8 Å². The highest BCUT2D eigenvalue weighted by atomic mass is 35.5. The fourth-order valence-corrected chi connectivity index (χ4v) is 2.31. The Balaban J connectivity index is 1.69. The van der Waals surface area contributed by atoms with Crippen LogP contribution in [-0.4, -0.2) is 16.9 Å². The van der Waals surface area contributed by atoms with Crippen LogP contribution in [0.25, 0.3) is 0 Å². The molecule has 1 aromatic carbocycles. The van der Waals surface area contributed by atoms with Gasteiger partial charge in [0.15, 0.2) is 0 Å². The van der Waals surface area contributed by atoms with E-state index in [0.717, 1.165) is 5.56 Å². The second-order valence-corrected chi connectivity index (χ2v) is 4.99. The van der Waals surface area contributed by atoms with Gasteiger partial charge in [-0.15, -0.1) is 0 Å². The first-order valence-corrected chi connectivity index (χ1v) is 6.72. The van der Waals surface area contributed by atoms with Crippen LogP contribution in [0.1, 0.15) is 28.4 Å². The highest BCUT2D eigenvalue weighted by Gasteiger charge is 2.31. The number of nitrogens with zero attached hydrogens (tertiary/aromatic N) is 1. The summed E-state index contributed by atoms with van der Waals surface area (Å²) in [6, 6.07) is 10.3. The Kier molecular flexibility index (Phi) is 3.58. The van der Waals surface area contributed by atoms with Crippen LogP contribution in [0.3, 0.4) is 0 Å². The van der Waals surface area contributed by atoms with Crippen LogP contribution >= 0.6 is 11.6 Å². The van der Waals surface area contributed by atoms with Gasteiger partial charge in [-0.25, -0.2) is 9.78 Å². The molecule has 1 N–H and O–H groups in total. The number of aromatic nitrogens is 1. The highest BCUT2D eigenvalue weighted by Crippen LogP contribution is 2.32. The Morgan fingerprint density at radius 1 is 1.29 bits per heavy atom. The average molecular weight is 303 g/mol. The fourth-order valence-electron chi connectivity index (χ4n) is 2.20. The molecule has 3 rings (SSSR count). The van der Waals surface area contributed by atoms with Gasteiger partial charge in [-0.3, -0.25) is 4.79 Å². The normalized spacial score (nSPS) is 16.2. The summed E-state index contributed by atoms with van der Waals surface area (Å²) in [5.74, 6) is -0.648. The van der Waals surface area contributed by atoms with Crippen LogP contribution in [0.4, 0.5) is 5.69 Å². The molecular weight excluding hydrogens is 292 g/mol. The molecule has 0 saturated heterocycles. The van der Waals surface area contributed by atoms with Gasteiger partial charge in [-0.05, 0) is 18.2 Å². The maximum absolute atomic E-state index is 12.0. The van der Waals surface area contributed by atoms with Crippen molar-refractivity contribution in [2.24, 2.45) is 0 Å². The first-order valence-electron chi connectivity index (χ1n) is 6.35. The molecule has 1 atom stereocenters. The van der Waals surface area contributed by atoms with E-state index in [-0.39, 0.29) is 12.3 Å². The van der Waals surface area contributed by atoms with Crippen molar-refractivity contribution in [1.29, 1.82) is 0 Å². The topological polar surface area (TPSA) is 68.3 Å². The smallest absolute Gasteiger partial charge is 0.339 e. The van der Waals surface area contributed by atoms with Crippen LogP contribution in [-0.2, 0) is 9.53 Å². The van der Waals surface area contributed by atoms with Crippen LogP contribution in [0.2, 0.25) is 5.15 Å². The molecule has 1 aliphatic rings. The van der Waals surface area contributed by atoms with Gasteiger partial charge in [0, 0.05) is 5.56 Å². The molecule has 1 amide bonds. The number of fused-ring (bicyclic) bond motifs is 1. The van der Waals surface area contributed by atoms with Crippen molar-refractivity contribution in [3.05, 3.63) is 58.9 Å². The standard InChI is InChI=1S/C15H11ClN2O3/c16-13-6-5-9(8-17-13)18-14(19)7-12-10-3-1-2-4-11(10)15(20)21-12/h1-6,8,12H,7H2,(H,18,19). The molecule has 5 nitrogen and oxygen atoms in total. The molecule has 106 valence electrons. The van der Waals surface area contributed by atoms with Crippen LogP contribution in [0.5, 0.6) is 0 Å². The molecule has 0 spiro atoms. The van der Waals surface area contributed by atoms with Gasteiger partial charge in [0.05, 0.1) is 23.9 Å². The van der Waals surface area contributed by atoms with Gasteiger partial charge < -0.3 is 10.1 Å². The first kappa shape index (κ1) is 13.6. The minimum Gasteiger partial charge on any atom is -0.453 e. The second-order valence-electron chi connectivity index (χ2n) is 4.60. The number of carbonyl (C=O) groups excluding carboxylic acids is 2. The van der Waals surface area contributed by atoms with E-state index in [1.165, 1.54) is 6.20 Å². The third kappa shape index (κ3) is 2.87. The van der Waals surface area contributed by atoms with Gasteiger partial charge in [-0.2, -0.15) is 0 Å². The third-order valence-corrected chi connectivity index (χ3v) is 3.38. The third-order valence-electron chi connectivity index (χ3n) is 3.16. The molecule has 0 radical (unpaired) electrons. The van der Waals surface area contributed by atoms with E-state index in [2.05, 4.69) is 10.3 Å². The number of anilines is 1. The molecule has 1 aromatic heterocycles. The van der Waals surface area contributed by atoms with Crippen molar-refractivity contribution in [3.63, 3.8) is 0 Å². The number of benzene rings is 1. The highest BCUT2D eigenvalue weighted by molar-refractivity contribution is 6.29. The summed E-state index contributed by atoms with van der Waals surface area (Å²) in [4.78, 5) is 27.6. The van der Waals surface area contributed by atoms with Crippen LogP contribution in [0.15, 0.2) is 42.6 Å². The first-order chi connectivity index (χ1) is 10.1. The van der Waals surface area contributed by atoms with E-state index in [0.29, 0.717) is 16.4 Å². The molecular formula is C15H11ClN2O3. The molecule has 2 heterocycles. The monoisotopic (exact) mass is 302 g/mol. The van der Waals surface area contributed by atoms with E-state index in [9.17, 15) is 9.59 Å². The van der Waals surface area contributed by atoms with Crippen LogP contribution < -0.4 is 5.32 Å². The van der Waals surface area contributed by atoms with E-state index in [4.69, 9.17) is 16.3 Å². The number of hydrogen-bond donors (Lipinski definition) is 1. The lowest BCUT2D eigenvalue weighted by Gasteiger charge is -2.10. The molecule has 1 aliphatic heterocycles. The van der Waals surface area contributed by atoms with Crippen LogP contribution in [0, 0.1) is 0 Å². The Bertz CT molecular complexity index is 700. The van der Waals surface area contributed by atoms with E-state index in [1.807, 2.05) is 6.07 Å². The maximum atomic E-state index is 12.0. The van der Waals surface area contributed by atoms with Gasteiger partial charge in [0.1, 0.15) is 11.3 Å². The summed E-state index contributed by atoms with van der Waals surface area (Å²) in [5, 5.41) is 3.04. The van der Waals surface area contributed by atoms with Crippen molar-refractivity contribution in [1.82, 2.24) is 4.98 Å². The predicted octanol–water partition coefficient (Wildman–Crippen LogP) is 2.98. The molecule has 6 heteroatoms. The molecule has 21 heavy (non-hydrogen) atoms. The quantitative estimate of drug-likeness (QED) is 0.699.